The number of fused-ring (bicyclic) bond motifs is 1. The Balaban J connectivity index is 1.75. The van der Waals surface area contributed by atoms with Crippen molar-refractivity contribution in [3.63, 3.8) is 0 Å². The van der Waals surface area contributed by atoms with Gasteiger partial charge in [-0.15, -0.1) is 0 Å². The zero-order valence-electron chi connectivity index (χ0n) is 14.3. The number of methoxy groups -OCH3 is 2. The van der Waals surface area contributed by atoms with Crippen LogP contribution in [0.25, 0.3) is 0 Å². The third kappa shape index (κ3) is 3.41. The fourth-order valence-electron chi connectivity index (χ4n) is 2.82. The van der Waals surface area contributed by atoms with Gasteiger partial charge in [0.2, 0.25) is 0 Å². The monoisotopic (exact) mass is 329 g/mol. The van der Waals surface area contributed by atoms with Gasteiger partial charge in [0.15, 0.2) is 11.5 Å². The van der Waals surface area contributed by atoms with E-state index < -0.39 is 0 Å². The molecular formula is C19H23NO4. The predicted molar refractivity (Wildman–Crippen MR) is 92.2 cm³/mol. The topological polar surface area (TPSA) is 49.0 Å². The molecule has 1 aliphatic rings. The maximum Gasteiger partial charge on any atom is 0.165 e. The van der Waals surface area contributed by atoms with Gasteiger partial charge in [0.05, 0.1) is 14.2 Å². The molecule has 0 fully saturated rings. The van der Waals surface area contributed by atoms with Crippen molar-refractivity contribution < 1.29 is 18.9 Å². The predicted octanol–water partition coefficient (Wildman–Crippen LogP) is 3.33. The second kappa shape index (κ2) is 7.45. The van der Waals surface area contributed by atoms with Crippen LogP contribution in [-0.4, -0.2) is 27.4 Å². The summed E-state index contributed by atoms with van der Waals surface area (Å²) in [5.74, 6) is 3.30. The second-order valence-electron chi connectivity index (χ2n) is 5.65. The lowest BCUT2D eigenvalue weighted by Gasteiger charge is -2.23. The smallest absolute Gasteiger partial charge is 0.165 e. The molecule has 0 unspecified atom stereocenters. The average Bonchev–Trinajstić information content (AvgIpc) is 2.65. The van der Waals surface area contributed by atoms with E-state index in [1.54, 1.807) is 14.2 Å². The standard InChI is InChI=1S/C19H23NO4/c1-13(16-11-15(21-2)7-8-17(16)22-3)20-12-14-5-4-6-18-19(14)24-10-9-23-18/h4-8,11,13,20H,9-10,12H2,1-3H3/t13-/m1/s1. The molecular weight excluding hydrogens is 306 g/mol. The first-order valence-electron chi connectivity index (χ1n) is 8.05. The molecule has 24 heavy (non-hydrogen) atoms. The van der Waals surface area contributed by atoms with E-state index >= 15 is 0 Å². The van der Waals surface area contributed by atoms with Gasteiger partial charge in [-0.1, -0.05) is 12.1 Å². The number of ether oxygens (including phenoxy) is 4. The van der Waals surface area contributed by atoms with Gasteiger partial charge in [0.1, 0.15) is 24.7 Å². The Bertz CT molecular complexity index is 702. The molecule has 1 atom stereocenters. The first kappa shape index (κ1) is 16.5. The van der Waals surface area contributed by atoms with Crippen LogP contribution in [0, 0.1) is 0 Å². The lowest BCUT2D eigenvalue weighted by molar-refractivity contribution is 0.169. The maximum absolute atomic E-state index is 5.76. The number of nitrogens with one attached hydrogen (secondary N) is 1. The molecule has 0 saturated carbocycles. The Kier molecular flexibility index (Phi) is 5.11. The summed E-state index contributed by atoms with van der Waals surface area (Å²) in [5, 5.41) is 3.52. The van der Waals surface area contributed by atoms with Gasteiger partial charge in [-0.25, -0.2) is 0 Å². The van der Waals surface area contributed by atoms with Gasteiger partial charge < -0.3 is 24.3 Å². The van der Waals surface area contributed by atoms with Crippen molar-refractivity contribution >= 4 is 0 Å². The largest absolute Gasteiger partial charge is 0.497 e. The number of hydrogen-bond donors (Lipinski definition) is 1. The van der Waals surface area contributed by atoms with Crippen LogP contribution in [-0.2, 0) is 6.54 Å². The van der Waals surface area contributed by atoms with E-state index in [9.17, 15) is 0 Å². The molecule has 0 spiro atoms. The van der Waals surface area contributed by atoms with Crippen LogP contribution >= 0.6 is 0 Å². The minimum Gasteiger partial charge on any atom is -0.497 e. The molecule has 1 heterocycles. The molecule has 2 aromatic carbocycles. The third-order valence-corrected chi connectivity index (χ3v) is 4.15. The summed E-state index contributed by atoms with van der Waals surface area (Å²) >= 11 is 0. The number of hydrogen-bond acceptors (Lipinski definition) is 5. The van der Waals surface area contributed by atoms with Crippen molar-refractivity contribution in [1.29, 1.82) is 0 Å². The van der Waals surface area contributed by atoms with Crippen LogP contribution in [0.2, 0.25) is 0 Å². The van der Waals surface area contributed by atoms with Crippen molar-refractivity contribution in [3.05, 3.63) is 47.5 Å². The minimum absolute atomic E-state index is 0.0930. The SMILES string of the molecule is COc1ccc(OC)c([C@@H](C)NCc2cccc3c2OCCO3)c1. The molecule has 0 radical (unpaired) electrons. The van der Waals surface area contributed by atoms with Crippen LogP contribution in [0.4, 0.5) is 0 Å². The lowest BCUT2D eigenvalue weighted by Crippen LogP contribution is -2.21. The van der Waals surface area contributed by atoms with E-state index in [4.69, 9.17) is 18.9 Å². The second-order valence-corrected chi connectivity index (χ2v) is 5.65. The molecule has 5 heteroatoms. The maximum atomic E-state index is 5.76. The van der Waals surface area contributed by atoms with E-state index in [0.717, 1.165) is 34.1 Å². The summed E-state index contributed by atoms with van der Waals surface area (Å²) in [6.07, 6.45) is 0. The molecule has 0 saturated heterocycles. The van der Waals surface area contributed by atoms with Gasteiger partial charge in [0, 0.05) is 23.7 Å². The molecule has 0 aliphatic carbocycles. The van der Waals surface area contributed by atoms with E-state index in [2.05, 4.69) is 18.3 Å². The van der Waals surface area contributed by atoms with Crippen molar-refractivity contribution in [3.8, 4) is 23.0 Å². The summed E-state index contributed by atoms with van der Waals surface area (Å²) in [4.78, 5) is 0. The van der Waals surface area contributed by atoms with Crippen LogP contribution in [0.1, 0.15) is 24.1 Å². The highest BCUT2D eigenvalue weighted by Gasteiger charge is 2.17. The summed E-state index contributed by atoms with van der Waals surface area (Å²) in [6, 6.07) is 11.9. The van der Waals surface area contributed by atoms with Gasteiger partial charge in [-0.2, -0.15) is 0 Å². The molecule has 0 aromatic heterocycles. The number of benzene rings is 2. The van der Waals surface area contributed by atoms with Crippen molar-refractivity contribution in [2.45, 2.75) is 19.5 Å². The molecule has 5 nitrogen and oxygen atoms in total. The Morgan fingerprint density at radius 2 is 1.92 bits per heavy atom. The fraction of sp³-hybridized carbons (Fsp3) is 0.368. The first-order valence-corrected chi connectivity index (χ1v) is 8.05. The van der Waals surface area contributed by atoms with Gasteiger partial charge >= 0.3 is 0 Å². The molecule has 128 valence electrons. The fourth-order valence-corrected chi connectivity index (χ4v) is 2.82. The highest BCUT2D eigenvalue weighted by Crippen LogP contribution is 2.34. The minimum atomic E-state index is 0.0930. The third-order valence-electron chi connectivity index (χ3n) is 4.15. The van der Waals surface area contributed by atoms with E-state index in [1.165, 1.54) is 0 Å². The molecule has 0 amide bonds. The van der Waals surface area contributed by atoms with Crippen LogP contribution < -0.4 is 24.3 Å². The van der Waals surface area contributed by atoms with Crippen molar-refractivity contribution in [2.24, 2.45) is 0 Å². The van der Waals surface area contributed by atoms with E-state index in [1.807, 2.05) is 30.3 Å². The summed E-state index contributed by atoms with van der Waals surface area (Å²) in [6.45, 7) is 3.96. The molecule has 1 N–H and O–H groups in total. The highest BCUT2D eigenvalue weighted by atomic mass is 16.6. The summed E-state index contributed by atoms with van der Waals surface area (Å²) in [5.41, 5.74) is 2.14. The van der Waals surface area contributed by atoms with E-state index in [0.29, 0.717) is 19.8 Å². The first-order chi connectivity index (χ1) is 11.7. The van der Waals surface area contributed by atoms with Gasteiger partial charge in [-0.3, -0.25) is 0 Å². The Hall–Kier alpha value is -2.40. The van der Waals surface area contributed by atoms with Crippen LogP contribution in [0.3, 0.4) is 0 Å². The molecule has 3 rings (SSSR count). The highest BCUT2D eigenvalue weighted by molar-refractivity contribution is 5.47. The van der Waals surface area contributed by atoms with Crippen molar-refractivity contribution in [2.75, 3.05) is 27.4 Å². The normalized spacial score (nSPS) is 14.1. The summed E-state index contributed by atoms with van der Waals surface area (Å²) < 4.78 is 22.2. The Labute approximate surface area is 142 Å². The number of para-hydroxylation sites is 1. The summed E-state index contributed by atoms with van der Waals surface area (Å²) in [7, 11) is 3.34. The lowest BCUT2D eigenvalue weighted by atomic mass is 10.1. The van der Waals surface area contributed by atoms with Crippen LogP contribution in [0.15, 0.2) is 36.4 Å². The average molecular weight is 329 g/mol. The zero-order chi connectivity index (χ0) is 16.9. The van der Waals surface area contributed by atoms with Crippen LogP contribution in [0.5, 0.6) is 23.0 Å². The van der Waals surface area contributed by atoms with Crippen molar-refractivity contribution in [1.82, 2.24) is 5.32 Å². The quantitative estimate of drug-likeness (QED) is 0.881. The molecule has 1 aliphatic heterocycles. The molecule has 0 bridgehead atoms. The van der Waals surface area contributed by atoms with E-state index in [-0.39, 0.29) is 6.04 Å². The zero-order valence-corrected chi connectivity index (χ0v) is 14.3. The molecule has 2 aromatic rings. The van der Waals surface area contributed by atoms with Gasteiger partial charge in [0.25, 0.3) is 0 Å². The Morgan fingerprint density at radius 1 is 1.08 bits per heavy atom. The Morgan fingerprint density at radius 3 is 2.71 bits per heavy atom. The van der Waals surface area contributed by atoms with Gasteiger partial charge in [-0.05, 0) is 31.2 Å². The number of rotatable bonds is 6.